The highest BCUT2D eigenvalue weighted by Gasteiger charge is 2.12. The van der Waals surface area contributed by atoms with Crippen molar-refractivity contribution in [2.45, 2.75) is 19.4 Å². The van der Waals surface area contributed by atoms with Gasteiger partial charge in [-0.25, -0.2) is 0 Å². The van der Waals surface area contributed by atoms with Gasteiger partial charge < -0.3 is 10.6 Å². The van der Waals surface area contributed by atoms with Crippen molar-refractivity contribution in [1.29, 1.82) is 0 Å². The number of hydrogen-bond donors (Lipinski definition) is 2. The summed E-state index contributed by atoms with van der Waals surface area (Å²) in [7, 11) is 0. The summed E-state index contributed by atoms with van der Waals surface area (Å²) in [6, 6.07) is 25.7. The normalized spacial score (nSPS) is 12.5. The highest BCUT2D eigenvalue weighted by molar-refractivity contribution is 5.70. The molecule has 0 unspecified atom stereocenters. The molecule has 0 atom stereocenters. The summed E-state index contributed by atoms with van der Waals surface area (Å²) >= 11 is 0. The molecule has 0 saturated heterocycles. The Morgan fingerprint density at radius 3 is 2.39 bits per heavy atom. The predicted octanol–water partition coefficient (Wildman–Crippen LogP) is 5.14. The van der Waals surface area contributed by atoms with Gasteiger partial charge in [-0.3, -0.25) is 0 Å². The second-order valence-electron chi connectivity index (χ2n) is 5.99. The van der Waals surface area contributed by atoms with Crippen molar-refractivity contribution in [2.75, 3.05) is 10.6 Å². The zero-order valence-corrected chi connectivity index (χ0v) is 13.0. The molecular formula is C21H20N2. The van der Waals surface area contributed by atoms with Crippen LogP contribution in [0.4, 0.5) is 17.1 Å². The van der Waals surface area contributed by atoms with E-state index in [9.17, 15) is 0 Å². The van der Waals surface area contributed by atoms with Crippen molar-refractivity contribution in [1.82, 2.24) is 0 Å². The molecule has 2 N–H and O–H groups in total. The minimum atomic E-state index is 0.854. The van der Waals surface area contributed by atoms with Crippen LogP contribution in [0.3, 0.4) is 0 Å². The molecule has 0 aromatic heterocycles. The van der Waals surface area contributed by atoms with Gasteiger partial charge in [-0.2, -0.15) is 0 Å². The number of aryl methyl sites for hydroxylation is 2. The van der Waals surface area contributed by atoms with Gasteiger partial charge in [-0.15, -0.1) is 0 Å². The van der Waals surface area contributed by atoms with Gasteiger partial charge in [0.1, 0.15) is 0 Å². The van der Waals surface area contributed by atoms with Crippen LogP contribution >= 0.6 is 0 Å². The summed E-state index contributed by atoms with van der Waals surface area (Å²) in [5.41, 5.74) is 7.70. The molecule has 4 rings (SSSR count). The van der Waals surface area contributed by atoms with Gasteiger partial charge in [-0.05, 0) is 53.8 Å². The Bertz CT molecular complexity index is 809. The average Bonchev–Trinajstić information content (AvgIpc) is 2.80. The van der Waals surface area contributed by atoms with Crippen LogP contribution in [0.5, 0.6) is 0 Å². The third kappa shape index (κ3) is 3.07. The van der Waals surface area contributed by atoms with Gasteiger partial charge in [0, 0.05) is 23.6 Å². The number of rotatable bonds is 3. The van der Waals surface area contributed by atoms with Gasteiger partial charge in [0.05, 0.1) is 0 Å². The molecule has 1 aliphatic heterocycles. The Kier molecular flexibility index (Phi) is 3.73. The van der Waals surface area contributed by atoms with Crippen LogP contribution in [0, 0.1) is 0 Å². The second kappa shape index (κ2) is 6.17. The van der Waals surface area contributed by atoms with E-state index in [1.165, 1.54) is 33.8 Å². The maximum Gasteiger partial charge on any atom is 0.0418 e. The Morgan fingerprint density at radius 1 is 0.739 bits per heavy atom. The molecule has 23 heavy (non-hydrogen) atoms. The summed E-state index contributed by atoms with van der Waals surface area (Å²) in [5, 5.41) is 7.10. The van der Waals surface area contributed by atoms with Crippen molar-refractivity contribution in [3.8, 4) is 0 Å². The molecule has 1 heterocycles. The van der Waals surface area contributed by atoms with E-state index >= 15 is 0 Å². The summed E-state index contributed by atoms with van der Waals surface area (Å²) in [4.78, 5) is 0. The van der Waals surface area contributed by atoms with Gasteiger partial charge >= 0.3 is 0 Å². The van der Waals surface area contributed by atoms with E-state index in [0.29, 0.717) is 0 Å². The van der Waals surface area contributed by atoms with E-state index < -0.39 is 0 Å². The van der Waals surface area contributed by atoms with Crippen LogP contribution in [-0.4, -0.2) is 0 Å². The molecule has 0 saturated carbocycles. The molecule has 0 amide bonds. The average molecular weight is 300 g/mol. The minimum Gasteiger partial charge on any atom is -0.381 e. The molecule has 3 aromatic rings. The number of para-hydroxylation sites is 1. The number of anilines is 3. The third-order valence-electron chi connectivity index (χ3n) is 4.40. The Balaban J connectivity index is 1.53. The highest BCUT2D eigenvalue weighted by atomic mass is 14.9. The van der Waals surface area contributed by atoms with E-state index in [4.69, 9.17) is 0 Å². The minimum absolute atomic E-state index is 0.854. The largest absolute Gasteiger partial charge is 0.381 e. The highest BCUT2D eigenvalue weighted by Crippen LogP contribution is 2.31. The van der Waals surface area contributed by atoms with Crippen LogP contribution in [0.15, 0.2) is 72.8 Å². The molecule has 0 spiro atoms. The fourth-order valence-electron chi connectivity index (χ4n) is 3.11. The molecule has 0 aliphatic carbocycles. The van der Waals surface area contributed by atoms with Gasteiger partial charge in [-0.1, -0.05) is 48.5 Å². The van der Waals surface area contributed by atoms with Crippen molar-refractivity contribution >= 4 is 17.1 Å². The van der Waals surface area contributed by atoms with Crippen LogP contribution < -0.4 is 10.6 Å². The zero-order valence-electron chi connectivity index (χ0n) is 13.0. The lowest BCUT2D eigenvalue weighted by atomic mass is 10.0. The second-order valence-corrected chi connectivity index (χ2v) is 5.99. The fraction of sp³-hybridized carbons (Fsp3) is 0.143. The summed E-state index contributed by atoms with van der Waals surface area (Å²) in [6.07, 6.45) is 2.15. The van der Waals surface area contributed by atoms with Crippen LogP contribution in [0.25, 0.3) is 0 Å². The zero-order chi connectivity index (χ0) is 15.5. The van der Waals surface area contributed by atoms with Crippen LogP contribution in [0.2, 0.25) is 0 Å². The first-order valence-corrected chi connectivity index (χ1v) is 8.14. The van der Waals surface area contributed by atoms with Crippen LogP contribution in [-0.2, 0) is 19.4 Å². The Hall–Kier alpha value is -2.74. The summed E-state index contributed by atoms with van der Waals surface area (Å²) in [5.74, 6) is 0. The van der Waals surface area contributed by atoms with E-state index in [1.54, 1.807) is 0 Å². The first kappa shape index (κ1) is 13.9. The first-order chi connectivity index (χ1) is 11.4. The lowest BCUT2D eigenvalue weighted by Gasteiger charge is -2.12. The van der Waals surface area contributed by atoms with E-state index in [1.807, 2.05) is 0 Å². The van der Waals surface area contributed by atoms with E-state index in [0.717, 1.165) is 19.4 Å². The Labute approximate surface area is 137 Å². The fourth-order valence-corrected chi connectivity index (χ4v) is 3.11. The standard InChI is InChI=1S/C21H20N2/c1-2-6-16(7-3-1)15-22-19-12-13-21-18(14-19)11-10-17-8-4-5-9-20(17)23-21/h1-9,12-14,22-23H,10-11,15H2. The number of benzene rings is 3. The van der Waals surface area contributed by atoms with Crippen molar-refractivity contribution < 1.29 is 0 Å². The van der Waals surface area contributed by atoms with E-state index in [-0.39, 0.29) is 0 Å². The topological polar surface area (TPSA) is 24.1 Å². The molecule has 114 valence electrons. The first-order valence-electron chi connectivity index (χ1n) is 8.14. The smallest absolute Gasteiger partial charge is 0.0418 e. The molecule has 2 heteroatoms. The number of fused-ring (bicyclic) bond motifs is 2. The van der Waals surface area contributed by atoms with Crippen molar-refractivity contribution in [2.24, 2.45) is 0 Å². The molecule has 0 fully saturated rings. The number of nitrogens with one attached hydrogen (secondary N) is 2. The van der Waals surface area contributed by atoms with E-state index in [2.05, 4.69) is 83.4 Å². The molecule has 2 nitrogen and oxygen atoms in total. The van der Waals surface area contributed by atoms with Crippen LogP contribution in [0.1, 0.15) is 16.7 Å². The molecule has 0 bridgehead atoms. The number of hydrogen-bond acceptors (Lipinski definition) is 2. The Morgan fingerprint density at radius 2 is 1.48 bits per heavy atom. The predicted molar refractivity (Wildman–Crippen MR) is 97.3 cm³/mol. The van der Waals surface area contributed by atoms with Crippen molar-refractivity contribution in [3.63, 3.8) is 0 Å². The lowest BCUT2D eigenvalue weighted by Crippen LogP contribution is -2.01. The molecule has 3 aromatic carbocycles. The third-order valence-corrected chi connectivity index (χ3v) is 4.40. The van der Waals surface area contributed by atoms with Gasteiger partial charge in [0.25, 0.3) is 0 Å². The summed E-state index contributed by atoms with van der Waals surface area (Å²) in [6.45, 7) is 0.854. The lowest BCUT2D eigenvalue weighted by molar-refractivity contribution is 0.976. The maximum atomic E-state index is 3.58. The molecule has 1 aliphatic rings. The SMILES string of the molecule is c1ccc(CNc2ccc3c(c2)CCc2ccccc2N3)cc1. The van der Waals surface area contributed by atoms with Gasteiger partial charge in [0.2, 0.25) is 0 Å². The van der Waals surface area contributed by atoms with Crippen molar-refractivity contribution in [3.05, 3.63) is 89.5 Å². The van der Waals surface area contributed by atoms with Gasteiger partial charge in [0.15, 0.2) is 0 Å². The summed E-state index contributed by atoms with van der Waals surface area (Å²) < 4.78 is 0. The molecular weight excluding hydrogens is 280 g/mol. The quantitative estimate of drug-likeness (QED) is 0.699. The molecule has 0 radical (unpaired) electrons. The monoisotopic (exact) mass is 300 g/mol. The maximum absolute atomic E-state index is 3.58.